The molecule has 0 radical (unpaired) electrons. The van der Waals surface area contributed by atoms with Gasteiger partial charge in [-0.15, -0.1) is 0 Å². The van der Waals surface area contributed by atoms with E-state index in [1.54, 1.807) is 13.8 Å². The fourth-order valence-corrected chi connectivity index (χ4v) is 14.9. The Bertz CT molecular complexity index is 281. The third-order valence-electron chi connectivity index (χ3n) is 3.49. The van der Waals surface area contributed by atoms with Gasteiger partial charge in [0.1, 0.15) is 0 Å². The van der Waals surface area contributed by atoms with E-state index in [-0.39, 0.29) is 9.50 Å². The maximum atomic E-state index is 11.0. The predicted molar refractivity (Wildman–Crippen MR) is 76.1 cm³/mol. The van der Waals surface area contributed by atoms with Crippen molar-refractivity contribution in [1.29, 1.82) is 0 Å². The van der Waals surface area contributed by atoms with E-state index in [1.165, 1.54) is 0 Å². The number of carboxylic acid groups (broad SMARTS) is 2. The first kappa shape index (κ1) is 17.4. The van der Waals surface area contributed by atoms with Crippen molar-refractivity contribution >= 4 is 49.5 Å². The molecule has 4 nitrogen and oxygen atoms in total. The molecule has 0 spiro atoms. The molecule has 4 atom stereocenters. The van der Waals surface area contributed by atoms with Gasteiger partial charge in [-0.05, 0) is 0 Å². The molecule has 2 N–H and O–H groups in total. The van der Waals surface area contributed by atoms with Crippen molar-refractivity contribution in [3.05, 3.63) is 0 Å². The average molecular weight is 435 g/mol. The van der Waals surface area contributed by atoms with Gasteiger partial charge in [-0.2, -0.15) is 0 Å². The van der Waals surface area contributed by atoms with Gasteiger partial charge in [0, 0.05) is 0 Å². The zero-order valence-corrected chi connectivity index (χ0v) is 15.5. The van der Waals surface area contributed by atoms with Gasteiger partial charge >= 0.3 is 118 Å². The van der Waals surface area contributed by atoms with Crippen LogP contribution in [0, 0.1) is 11.8 Å². The second-order valence-electron chi connectivity index (χ2n) is 4.51. The number of carboxylic acids is 2. The molecule has 0 aliphatic heterocycles. The summed E-state index contributed by atoms with van der Waals surface area (Å²) in [6.07, 6.45) is 0. The van der Waals surface area contributed by atoms with Crippen molar-refractivity contribution in [3.63, 3.8) is 0 Å². The molecule has 0 amide bonds. The Morgan fingerprint density at radius 3 is 1.29 bits per heavy atom. The summed E-state index contributed by atoms with van der Waals surface area (Å²) in [5.74, 6) is -2.67. The monoisotopic (exact) mass is 434 g/mol. The van der Waals surface area contributed by atoms with Crippen molar-refractivity contribution in [2.45, 2.75) is 37.2 Å². The van der Waals surface area contributed by atoms with Gasteiger partial charge in [0.2, 0.25) is 0 Å². The summed E-state index contributed by atoms with van der Waals surface area (Å²) < 4.78 is -0.131. The Morgan fingerprint density at radius 2 is 1.12 bits per heavy atom. The van der Waals surface area contributed by atoms with Crippen LogP contribution in [-0.4, -0.2) is 31.7 Å². The third kappa shape index (κ3) is 4.24. The first-order valence-electron chi connectivity index (χ1n) is 5.36. The van der Waals surface area contributed by atoms with Gasteiger partial charge in [-0.1, -0.05) is 0 Å². The zero-order chi connectivity index (χ0) is 14.0. The molecule has 0 heterocycles. The Kier molecular flexibility index (Phi) is 6.73. The molecule has 17 heavy (non-hydrogen) atoms. The van der Waals surface area contributed by atoms with E-state index >= 15 is 0 Å². The van der Waals surface area contributed by atoms with Gasteiger partial charge in [0.15, 0.2) is 0 Å². The van der Waals surface area contributed by atoms with Crippen LogP contribution in [-0.2, 0) is 9.59 Å². The standard InChI is InChI=1S/C10H18Br2GeO4/c1-5(9(14)15)7(3)13(11,12)8(4)6(2)10(16)17/h5-8H,1-4H3,(H,14,15)(H,16,17). The second kappa shape index (κ2) is 6.56. The van der Waals surface area contributed by atoms with E-state index in [2.05, 4.69) is 28.0 Å². The van der Waals surface area contributed by atoms with Crippen LogP contribution in [0.25, 0.3) is 0 Å². The molecule has 7 heteroatoms. The van der Waals surface area contributed by atoms with Gasteiger partial charge in [-0.3, -0.25) is 0 Å². The Hall–Kier alpha value is 0.443. The minimum absolute atomic E-state index is 0.0655. The SMILES string of the molecule is CC(C(=O)O)[CH](C)[Ge]([Br])([Br])[CH](C)C(C)C(=O)O. The molecular formula is C10H18Br2GeO4. The van der Waals surface area contributed by atoms with E-state index in [0.717, 1.165) is 0 Å². The van der Waals surface area contributed by atoms with Gasteiger partial charge in [0.05, 0.1) is 0 Å². The fourth-order valence-electron chi connectivity index (χ4n) is 1.51. The van der Waals surface area contributed by atoms with Gasteiger partial charge < -0.3 is 0 Å². The number of hydrogen-bond acceptors (Lipinski definition) is 2. The molecule has 0 aliphatic rings. The van der Waals surface area contributed by atoms with Crippen LogP contribution in [0.15, 0.2) is 0 Å². The van der Waals surface area contributed by atoms with E-state index < -0.39 is 33.4 Å². The number of halogens is 2. The number of rotatable bonds is 6. The summed E-state index contributed by atoms with van der Waals surface area (Å²) in [6.45, 7) is 7.06. The Balaban J connectivity index is 4.99. The third-order valence-corrected chi connectivity index (χ3v) is 25.7. The average Bonchev–Trinajstić information content (AvgIpc) is 2.24. The summed E-state index contributed by atoms with van der Waals surface area (Å²) >= 11 is 7.26. The molecule has 0 saturated carbocycles. The summed E-state index contributed by atoms with van der Waals surface area (Å²) in [6, 6.07) is 0. The molecule has 0 saturated heterocycles. The van der Waals surface area contributed by atoms with Gasteiger partial charge in [-0.25, -0.2) is 0 Å². The molecule has 100 valence electrons. The summed E-state index contributed by atoms with van der Waals surface area (Å²) in [5, 5.41) is 18.0. The zero-order valence-electron chi connectivity index (χ0n) is 10.3. The van der Waals surface area contributed by atoms with E-state index in [0.29, 0.717) is 0 Å². The summed E-state index contributed by atoms with van der Waals surface area (Å²) in [5.41, 5.74) is 0. The summed E-state index contributed by atoms with van der Waals surface area (Å²) in [7, 11) is -2.85. The molecule has 0 rings (SSSR count). The second-order valence-corrected chi connectivity index (χ2v) is 30.3. The van der Waals surface area contributed by atoms with Crippen molar-refractivity contribution in [3.8, 4) is 0 Å². The minimum atomic E-state index is -2.85. The number of hydrogen-bond donors (Lipinski definition) is 2. The van der Waals surface area contributed by atoms with Crippen LogP contribution in [0.1, 0.15) is 27.7 Å². The summed E-state index contributed by atoms with van der Waals surface area (Å²) in [4.78, 5) is 22.0. The molecule has 0 aliphatic carbocycles. The normalized spacial score (nSPS) is 19.2. The van der Waals surface area contributed by atoms with Crippen LogP contribution >= 0.6 is 28.0 Å². The Morgan fingerprint density at radius 1 is 0.882 bits per heavy atom. The topological polar surface area (TPSA) is 74.6 Å². The number of carbonyl (C=O) groups is 2. The van der Waals surface area contributed by atoms with E-state index in [9.17, 15) is 9.59 Å². The van der Waals surface area contributed by atoms with Gasteiger partial charge in [0.25, 0.3) is 0 Å². The molecule has 0 aromatic heterocycles. The first-order chi connectivity index (χ1) is 7.53. The van der Waals surface area contributed by atoms with E-state index in [4.69, 9.17) is 10.2 Å². The Labute approximate surface area is 118 Å². The van der Waals surface area contributed by atoms with E-state index in [1.807, 2.05) is 13.8 Å². The van der Waals surface area contributed by atoms with Crippen molar-refractivity contribution in [2.75, 3.05) is 0 Å². The van der Waals surface area contributed by atoms with Crippen LogP contribution in [0.4, 0.5) is 0 Å². The van der Waals surface area contributed by atoms with Crippen LogP contribution in [0.3, 0.4) is 0 Å². The molecule has 0 bridgehead atoms. The van der Waals surface area contributed by atoms with Crippen LogP contribution in [0.5, 0.6) is 0 Å². The predicted octanol–water partition coefficient (Wildman–Crippen LogP) is 3.44. The van der Waals surface area contributed by atoms with Crippen LogP contribution in [0.2, 0.25) is 9.50 Å². The molecular weight excluding hydrogens is 417 g/mol. The van der Waals surface area contributed by atoms with Crippen molar-refractivity contribution in [2.24, 2.45) is 11.8 Å². The maximum absolute atomic E-state index is 11.0. The van der Waals surface area contributed by atoms with Crippen LogP contribution < -0.4 is 0 Å². The quantitative estimate of drug-likeness (QED) is 0.628. The molecule has 4 unspecified atom stereocenters. The molecule has 0 aromatic carbocycles. The fraction of sp³-hybridized carbons (Fsp3) is 0.800. The van der Waals surface area contributed by atoms with Crippen molar-refractivity contribution < 1.29 is 19.8 Å². The van der Waals surface area contributed by atoms with Crippen molar-refractivity contribution in [1.82, 2.24) is 0 Å². The molecule has 0 fully saturated rings. The first-order valence-corrected chi connectivity index (χ1v) is 17.6. The number of aliphatic carboxylic acids is 2. The molecule has 0 aromatic rings.